The van der Waals surface area contributed by atoms with Crippen LogP contribution in [0.5, 0.6) is 0 Å². The minimum atomic E-state index is -0.0858. The van der Waals surface area contributed by atoms with Crippen LogP contribution in [0.15, 0.2) is 24.3 Å². The summed E-state index contributed by atoms with van der Waals surface area (Å²) < 4.78 is 5.53. The number of morpholine rings is 1. The maximum Gasteiger partial charge on any atom is 0.228 e. The molecule has 1 aliphatic rings. The number of amides is 1. The Morgan fingerprint density at radius 3 is 3.09 bits per heavy atom. The van der Waals surface area contributed by atoms with Crippen LogP contribution in [-0.2, 0) is 16.0 Å². The highest BCUT2D eigenvalue weighted by atomic mass is 32.1. The highest BCUT2D eigenvalue weighted by Crippen LogP contribution is 2.20. The second kappa shape index (κ2) is 7.63. The predicted molar refractivity (Wildman–Crippen MR) is 89.8 cm³/mol. The van der Waals surface area contributed by atoms with Gasteiger partial charge in [0.05, 0.1) is 19.1 Å². The molecule has 2 aromatic rings. The van der Waals surface area contributed by atoms with Gasteiger partial charge < -0.3 is 15.4 Å². The largest absolute Gasteiger partial charge is 0.375 e. The summed E-state index contributed by atoms with van der Waals surface area (Å²) in [6, 6.07) is 8.21. The summed E-state index contributed by atoms with van der Waals surface area (Å²) in [6.45, 7) is 4.29. The quantitative estimate of drug-likeness (QED) is 0.872. The van der Waals surface area contributed by atoms with Crippen LogP contribution in [0.3, 0.4) is 0 Å². The first-order chi connectivity index (χ1) is 11.2. The number of aryl methyl sites for hydroxylation is 1. The fourth-order valence-electron chi connectivity index (χ4n) is 2.47. The molecule has 1 aromatic carbocycles. The van der Waals surface area contributed by atoms with E-state index in [1.807, 2.05) is 12.1 Å². The Morgan fingerprint density at radius 2 is 2.30 bits per heavy atom. The van der Waals surface area contributed by atoms with Crippen molar-refractivity contribution in [3.63, 3.8) is 0 Å². The van der Waals surface area contributed by atoms with Gasteiger partial charge in [0.2, 0.25) is 11.0 Å². The van der Waals surface area contributed by atoms with Gasteiger partial charge in [-0.05, 0) is 18.1 Å². The van der Waals surface area contributed by atoms with Gasteiger partial charge in [0.25, 0.3) is 0 Å². The monoisotopic (exact) mass is 332 g/mol. The fraction of sp³-hybridized carbons (Fsp3) is 0.438. The Morgan fingerprint density at radius 1 is 1.43 bits per heavy atom. The van der Waals surface area contributed by atoms with Crippen LogP contribution >= 0.6 is 11.3 Å². The van der Waals surface area contributed by atoms with Crippen molar-refractivity contribution in [1.29, 1.82) is 0 Å². The van der Waals surface area contributed by atoms with E-state index in [4.69, 9.17) is 4.74 Å². The number of nitrogens with zero attached hydrogens (tertiary/aromatic N) is 2. The van der Waals surface area contributed by atoms with Crippen LogP contribution < -0.4 is 10.6 Å². The topological polar surface area (TPSA) is 76.1 Å². The van der Waals surface area contributed by atoms with Gasteiger partial charge >= 0.3 is 0 Å². The van der Waals surface area contributed by atoms with Crippen molar-refractivity contribution in [2.75, 3.05) is 25.0 Å². The molecule has 1 amide bonds. The number of carbonyl (C=O) groups excluding carboxylic acids is 1. The lowest BCUT2D eigenvalue weighted by atomic mass is 10.1. The van der Waals surface area contributed by atoms with Gasteiger partial charge in [-0.15, -0.1) is 10.2 Å². The molecule has 1 saturated heterocycles. The number of hydrogen-bond acceptors (Lipinski definition) is 6. The highest BCUT2D eigenvalue weighted by molar-refractivity contribution is 7.15. The number of anilines is 1. The number of hydrogen-bond donors (Lipinski definition) is 2. The first kappa shape index (κ1) is 16.0. The van der Waals surface area contributed by atoms with Crippen molar-refractivity contribution in [3.05, 3.63) is 40.4 Å². The molecular formula is C16H20N4O2S. The zero-order valence-corrected chi connectivity index (χ0v) is 13.9. The number of ether oxygens (including phenoxy) is 1. The van der Waals surface area contributed by atoms with E-state index in [1.54, 1.807) is 0 Å². The van der Waals surface area contributed by atoms with Crippen LogP contribution in [0.25, 0.3) is 0 Å². The molecule has 1 aromatic heterocycles. The van der Waals surface area contributed by atoms with Gasteiger partial charge in [-0.25, -0.2) is 0 Å². The first-order valence-electron chi connectivity index (χ1n) is 7.70. The van der Waals surface area contributed by atoms with Crippen molar-refractivity contribution < 1.29 is 9.53 Å². The van der Waals surface area contributed by atoms with Crippen LogP contribution in [-0.4, -0.2) is 41.9 Å². The summed E-state index contributed by atoms with van der Waals surface area (Å²) in [5.74, 6) is -0.0858. The van der Waals surface area contributed by atoms with E-state index in [0.717, 1.165) is 18.0 Å². The fourth-order valence-corrected chi connectivity index (χ4v) is 3.25. The second-order valence-corrected chi connectivity index (χ2v) is 6.62. The molecule has 0 saturated carbocycles. The SMILES string of the molecule is Cc1ccccc1Cc1nnc(NC(=O)C[C@H]2CNCCO2)s1. The van der Waals surface area contributed by atoms with Gasteiger partial charge in [0.15, 0.2) is 0 Å². The third-order valence-corrected chi connectivity index (χ3v) is 4.57. The Kier molecular flexibility index (Phi) is 5.32. The predicted octanol–water partition coefficient (Wildman–Crippen LogP) is 1.75. The molecule has 1 aliphatic heterocycles. The van der Waals surface area contributed by atoms with E-state index >= 15 is 0 Å². The van der Waals surface area contributed by atoms with E-state index in [9.17, 15) is 4.79 Å². The average Bonchev–Trinajstić information content (AvgIpc) is 2.97. The van der Waals surface area contributed by atoms with Gasteiger partial charge in [-0.2, -0.15) is 0 Å². The lowest BCUT2D eigenvalue weighted by molar-refractivity contribution is -0.119. The van der Waals surface area contributed by atoms with Crippen molar-refractivity contribution >= 4 is 22.4 Å². The van der Waals surface area contributed by atoms with Gasteiger partial charge in [0, 0.05) is 19.5 Å². The molecular weight excluding hydrogens is 312 g/mol. The smallest absolute Gasteiger partial charge is 0.228 e. The Bertz CT molecular complexity index is 668. The molecule has 0 spiro atoms. The lowest BCUT2D eigenvalue weighted by Gasteiger charge is -2.22. The van der Waals surface area contributed by atoms with Crippen molar-refractivity contribution in [2.45, 2.75) is 25.9 Å². The summed E-state index contributed by atoms with van der Waals surface area (Å²) in [7, 11) is 0. The van der Waals surface area contributed by atoms with Crippen molar-refractivity contribution in [1.82, 2.24) is 15.5 Å². The summed E-state index contributed by atoms with van der Waals surface area (Å²) in [4.78, 5) is 12.0. The van der Waals surface area contributed by atoms with E-state index in [2.05, 4.69) is 39.9 Å². The molecule has 0 aliphatic carbocycles. The first-order valence-corrected chi connectivity index (χ1v) is 8.51. The number of benzene rings is 1. The Balaban J connectivity index is 1.54. The third-order valence-electron chi connectivity index (χ3n) is 3.73. The normalized spacial score (nSPS) is 17.9. The summed E-state index contributed by atoms with van der Waals surface area (Å²) >= 11 is 1.42. The number of nitrogens with one attached hydrogen (secondary N) is 2. The van der Waals surface area contributed by atoms with Crippen LogP contribution in [0.1, 0.15) is 22.6 Å². The minimum Gasteiger partial charge on any atom is -0.375 e. The zero-order chi connectivity index (χ0) is 16.1. The van der Waals surface area contributed by atoms with E-state index < -0.39 is 0 Å². The molecule has 3 rings (SSSR count). The molecule has 1 fully saturated rings. The summed E-state index contributed by atoms with van der Waals surface area (Å²) in [5.41, 5.74) is 2.46. The molecule has 2 heterocycles. The molecule has 122 valence electrons. The van der Waals surface area contributed by atoms with Gasteiger partial charge in [-0.3, -0.25) is 4.79 Å². The molecule has 0 bridgehead atoms. The summed E-state index contributed by atoms with van der Waals surface area (Å²) in [6.07, 6.45) is 0.998. The van der Waals surface area contributed by atoms with Gasteiger partial charge in [0.1, 0.15) is 5.01 Å². The maximum absolute atomic E-state index is 12.0. The Hall–Kier alpha value is -1.83. The maximum atomic E-state index is 12.0. The second-order valence-electron chi connectivity index (χ2n) is 5.55. The number of aromatic nitrogens is 2. The molecule has 7 heteroatoms. The number of rotatable bonds is 5. The molecule has 23 heavy (non-hydrogen) atoms. The average molecular weight is 332 g/mol. The van der Waals surface area contributed by atoms with E-state index in [1.165, 1.54) is 22.5 Å². The molecule has 0 unspecified atom stereocenters. The zero-order valence-electron chi connectivity index (χ0n) is 13.0. The summed E-state index contributed by atoms with van der Waals surface area (Å²) in [5, 5.41) is 15.7. The van der Waals surface area contributed by atoms with Crippen molar-refractivity contribution in [3.8, 4) is 0 Å². The minimum absolute atomic E-state index is 0.0666. The van der Waals surface area contributed by atoms with Crippen molar-refractivity contribution in [2.24, 2.45) is 0 Å². The third kappa shape index (κ3) is 4.57. The standard InChI is InChI=1S/C16H20N4O2S/c1-11-4-2-3-5-12(11)8-15-19-20-16(23-15)18-14(21)9-13-10-17-6-7-22-13/h2-5,13,17H,6-10H2,1H3,(H,18,20,21)/t13-/m0/s1. The van der Waals surface area contributed by atoms with E-state index in [-0.39, 0.29) is 12.0 Å². The number of carbonyl (C=O) groups is 1. The van der Waals surface area contributed by atoms with Crippen LogP contribution in [0, 0.1) is 6.92 Å². The molecule has 1 atom stereocenters. The molecule has 6 nitrogen and oxygen atoms in total. The highest BCUT2D eigenvalue weighted by Gasteiger charge is 2.18. The molecule has 0 radical (unpaired) electrons. The molecule has 2 N–H and O–H groups in total. The lowest BCUT2D eigenvalue weighted by Crippen LogP contribution is -2.40. The van der Waals surface area contributed by atoms with Crippen LogP contribution in [0.4, 0.5) is 5.13 Å². The van der Waals surface area contributed by atoms with E-state index in [0.29, 0.717) is 24.7 Å². The Labute approximate surface area is 139 Å². The van der Waals surface area contributed by atoms with Crippen LogP contribution in [0.2, 0.25) is 0 Å². The van der Waals surface area contributed by atoms with Gasteiger partial charge in [-0.1, -0.05) is 35.6 Å².